The maximum Gasteiger partial charge on any atom is 0.312 e. The van der Waals surface area contributed by atoms with Crippen LogP contribution in [0.25, 0.3) is 0 Å². The van der Waals surface area contributed by atoms with Crippen molar-refractivity contribution >= 4 is 17.5 Å². The molecule has 1 N–H and O–H groups in total. The van der Waals surface area contributed by atoms with Gasteiger partial charge in [-0.05, 0) is 31.0 Å². The molecule has 0 unspecified atom stereocenters. The number of anilines is 1. The average Bonchev–Trinajstić information content (AvgIpc) is 2.58. The number of benzene rings is 1. The normalized spacial score (nSPS) is 14.7. The molecule has 126 valence electrons. The summed E-state index contributed by atoms with van der Waals surface area (Å²) in [5.74, 6) is -0.865. The highest BCUT2D eigenvalue weighted by atomic mass is 16.2. The number of carbonyl (C=O) groups excluding carboxylic acids is 2. The molecule has 23 heavy (non-hydrogen) atoms. The van der Waals surface area contributed by atoms with Gasteiger partial charge < -0.3 is 15.1 Å². The number of hydrogen-bond acceptors (Lipinski definition) is 3. The smallest absolute Gasteiger partial charge is 0.312 e. The molecule has 5 nitrogen and oxygen atoms in total. The molecule has 0 saturated carbocycles. The number of rotatable bonds is 5. The fourth-order valence-electron chi connectivity index (χ4n) is 2.79. The van der Waals surface area contributed by atoms with E-state index in [-0.39, 0.29) is 0 Å². The summed E-state index contributed by atoms with van der Waals surface area (Å²) in [6.07, 6.45) is 3.10. The minimum absolute atomic E-state index is 0.398. The van der Waals surface area contributed by atoms with Crippen molar-refractivity contribution in [2.75, 3.05) is 37.6 Å². The Labute approximate surface area is 138 Å². The summed E-state index contributed by atoms with van der Waals surface area (Å²) in [5.41, 5.74) is 2.41. The van der Waals surface area contributed by atoms with Crippen LogP contribution in [-0.2, 0) is 9.59 Å². The maximum atomic E-state index is 12.2. The maximum absolute atomic E-state index is 12.2. The van der Waals surface area contributed by atoms with Gasteiger partial charge in [0.2, 0.25) is 0 Å². The van der Waals surface area contributed by atoms with E-state index in [1.807, 2.05) is 6.07 Å². The van der Waals surface area contributed by atoms with Crippen LogP contribution >= 0.6 is 0 Å². The van der Waals surface area contributed by atoms with E-state index < -0.39 is 11.8 Å². The monoisotopic (exact) mass is 317 g/mol. The highest BCUT2D eigenvalue weighted by Gasteiger charge is 2.25. The predicted octanol–water partition coefficient (Wildman–Crippen LogP) is 1.95. The molecule has 0 atom stereocenters. The molecule has 0 aromatic heterocycles. The van der Waals surface area contributed by atoms with Crippen molar-refractivity contribution in [2.24, 2.45) is 0 Å². The van der Waals surface area contributed by atoms with E-state index in [9.17, 15) is 9.59 Å². The summed E-state index contributed by atoms with van der Waals surface area (Å²) in [6.45, 7) is 7.48. The van der Waals surface area contributed by atoms with Gasteiger partial charge in [0, 0.05) is 38.4 Å². The average molecular weight is 317 g/mol. The van der Waals surface area contributed by atoms with Gasteiger partial charge in [-0.2, -0.15) is 0 Å². The molecule has 1 aliphatic rings. The first-order chi connectivity index (χ1) is 11.1. The van der Waals surface area contributed by atoms with Crippen LogP contribution in [0.2, 0.25) is 0 Å². The van der Waals surface area contributed by atoms with Crippen molar-refractivity contribution in [1.29, 1.82) is 0 Å². The third kappa shape index (κ3) is 4.98. The van der Waals surface area contributed by atoms with Crippen LogP contribution in [0.3, 0.4) is 0 Å². The van der Waals surface area contributed by atoms with Crippen molar-refractivity contribution in [3.8, 4) is 0 Å². The first kappa shape index (κ1) is 17.3. The van der Waals surface area contributed by atoms with Gasteiger partial charge in [0.25, 0.3) is 0 Å². The summed E-state index contributed by atoms with van der Waals surface area (Å²) in [4.78, 5) is 28.0. The summed E-state index contributed by atoms with van der Waals surface area (Å²) in [5, 5.41) is 2.72. The van der Waals surface area contributed by atoms with E-state index in [1.165, 1.54) is 11.3 Å². The molecule has 1 fully saturated rings. The number of aryl methyl sites for hydroxylation is 1. The van der Waals surface area contributed by atoms with Crippen LogP contribution in [0.1, 0.15) is 31.7 Å². The lowest BCUT2D eigenvalue weighted by Gasteiger charge is -2.35. The topological polar surface area (TPSA) is 52.7 Å². The van der Waals surface area contributed by atoms with Crippen LogP contribution in [-0.4, -0.2) is 49.4 Å². The van der Waals surface area contributed by atoms with Gasteiger partial charge in [-0.15, -0.1) is 0 Å². The number of nitrogens with one attached hydrogen (secondary N) is 1. The predicted molar refractivity (Wildman–Crippen MR) is 92.5 cm³/mol. The Morgan fingerprint density at radius 2 is 1.87 bits per heavy atom. The molecule has 0 radical (unpaired) electrons. The van der Waals surface area contributed by atoms with E-state index in [0.29, 0.717) is 19.6 Å². The molecule has 1 heterocycles. The largest absolute Gasteiger partial charge is 0.368 e. The number of hydrogen-bond donors (Lipinski definition) is 1. The Morgan fingerprint density at radius 1 is 1.13 bits per heavy atom. The fourth-order valence-corrected chi connectivity index (χ4v) is 2.79. The van der Waals surface area contributed by atoms with Crippen molar-refractivity contribution in [1.82, 2.24) is 10.2 Å². The molecule has 0 spiro atoms. The molecule has 1 aromatic rings. The van der Waals surface area contributed by atoms with Gasteiger partial charge in [0.05, 0.1) is 0 Å². The van der Waals surface area contributed by atoms with Crippen LogP contribution in [0, 0.1) is 6.92 Å². The number of piperazine rings is 1. The SMILES string of the molecule is CCCCCNC(=O)C(=O)N1CCN(c2cccc(C)c2)CC1. The molecular weight excluding hydrogens is 290 g/mol. The lowest BCUT2D eigenvalue weighted by atomic mass is 10.2. The van der Waals surface area contributed by atoms with E-state index in [4.69, 9.17) is 0 Å². The zero-order valence-corrected chi connectivity index (χ0v) is 14.2. The zero-order valence-electron chi connectivity index (χ0n) is 14.2. The van der Waals surface area contributed by atoms with E-state index in [1.54, 1.807) is 4.90 Å². The standard InChI is InChI=1S/C18H27N3O2/c1-3-4-5-9-19-17(22)18(23)21-12-10-20(11-13-21)16-8-6-7-15(2)14-16/h6-8,14H,3-5,9-13H2,1-2H3,(H,19,22). The number of unbranched alkanes of at least 4 members (excludes halogenated alkanes) is 2. The Morgan fingerprint density at radius 3 is 2.52 bits per heavy atom. The summed E-state index contributed by atoms with van der Waals surface area (Å²) in [6, 6.07) is 8.36. The highest BCUT2D eigenvalue weighted by Crippen LogP contribution is 2.17. The molecule has 2 amide bonds. The van der Waals surface area contributed by atoms with Crippen molar-refractivity contribution in [3.63, 3.8) is 0 Å². The molecular formula is C18H27N3O2. The Balaban J connectivity index is 1.79. The van der Waals surface area contributed by atoms with E-state index >= 15 is 0 Å². The lowest BCUT2D eigenvalue weighted by Crippen LogP contribution is -2.52. The fraction of sp³-hybridized carbons (Fsp3) is 0.556. The molecule has 2 rings (SSSR count). The summed E-state index contributed by atoms with van der Waals surface area (Å²) < 4.78 is 0. The molecule has 1 aromatic carbocycles. The van der Waals surface area contributed by atoms with Crippen LogP contribution in [0.5, 0.6) is 0 Å². The number of carbonyl (C=O) groups is 2. The van der Waals surface area contributed by atoms with Crippen molar-refractivity contribution < 1.29 is 9.59 Å². The van der Waals surface area contributed by atoms with Gasteiger partial charge in [-0.1, -0.05) is 31.9 Å². The van der Waals surface area contributed by atoms with E-state index in [0.717, 1.165) is 32.4 Å². The van der Waals surface area contributed by atoms with Crippen LogP contribution in [0.4, 0.5) is 5.69 Å². The van der Waals surface area contributed by atoms with Gasteiger partial charge in [0.15, 0.2) is 0 Å². The second-order valence-electron chi connectivity index (χ2n) is 6.08. The molecule has 1 aliphatic heterocycles. The second kappa shape index (κ2) is 8.56. The first-order valence-electron chi connectivity index (χ1n) is 8.50. The van der Waals surface area contributed by atoms with Crippen LogP contribution < -0.4 is 10.2 Å². The third-order valence-electron chi connectivity index (χ3n) is 4.19. The highest BCUT2D eigenvalue weighted by molar-refractivity contribution is 6.35. The lowest BCUT2D eigenvalue weighted by molar-refractivity contribution is -0.146. The van der Waals surface area contributed by atoms with Gasteiger partial charge >= 0.3 is 11.8 Å². The van der Waals surface area contributed by atoms with Crippen molar-refractivity contribution in [3.05, 3.63) is 29.8 Å². The number of nitrogens with zero attached hydrogens (tertiary/aromatic N) is 2. The molecule has 0 aliphatic carbocycles. The Kier molecular flexibility index (Phi) is 6.44. The second-order valence-corrected chi connectivity index (χ2v) is 6.08. The molecule has 5 heteroatoms. The molecule has 1 saturated heterocycles. The quantitative estimate of drug-likeness (QED) is 0.667. The first-order valence-corrected chi connectivity index (χ1v) is 8.50. The van der Waals surface area contributed by atoms with Crippen LogP contribution in [0.15, 0.2) is 24.3 Å². The van der Waals surface area contributed by atoms with Gasteiger partial charge in [-0.3, -0.25) is 9.59 Å². The summed E-state index contributed by atoms with van der Waals surface area (Å²) >= 11 is 0. The summed E-state index contributed by atoms with van der Waals surface area (Å²) in [7, 11) is 0. The minimum atomic E-state index is -0.467. The van der Waals surface area contributed by atoms with E-state index in [2.05, 4.69) is 42.3 Å². The Hall–Kier alpha value is -2.04. The Bertz CT molecular complexity index is 537. The molecule has 0 bridgehead atoms. The zero-order chi connectivity index (χ0) is 16.7. The number of amides is 2. The van der Waals surface area contributed by atoms with Crippen molar-refractivity contribution in [2.45, 2.75) is 33.1 Å². The van der Waals surface area contributed by atoms with Gasteiger partial charge in [0.1, 0.15) is 0 Å². The third-order valence-corrected chi connectivity index (χ3v) is 4.19. The van der Waals surface area contributed by atoms with Gasteiger partial charge in [-0.25, -0.2) is 0 Å². The minimum Gasteiger partial charge on any atom is -0.368 e.